The molecule has 1 heteroatoms. The highest BCUT2D eigenvalue weighted by Gasteiger charge is 2.38. The third-order valence-electron chi connectivity index (χ3n) is 4.25. The van der Waals surface area contributed by atoms with Crippen molar-refractivity contribution in [3.05, 3.63) is 11.6 Å². The van der Waals surface area contributed by atoms with Crippen LogP contribution >= 0.6 is 0 Å². The van der Waals surface area contributed by atoms with Crippen LogP contribution in [0.2, 0.25) is 0 Å². The molecule has 14 heavy (non-hydrogen) atoms. The summed E-state index contributed by atoms with van der Waals surface area (Å²) in [6, 6.07) is 0. The lowest BCUT2D eigenvalue weighted by Crippen LogP contribution is -2.42. The number of piperidine rings is 1. The summed E-state index contributed by atoms with van der Waals surface area (Å²) in [7, 11) is 0. The number of hydrogen-bond acceptors (Lipinski definition) is 1. The summed E-state index contributed by atoms with van der Waals surface area (Å²) < 4.78 is 0. The Labute approximate surface area is 87.2 Å². The first-order valence-corrected chi connectivity index (χ1v) is 6.16. The van der Waals surface area contributed by atoms with E-state index in [4.69, 9.17) is 0 Å². The number of likely N-dealkylation sites (tertiary alicyclic amines) is 1. The van der Waals surface area contributed by atoms with Gasteiger partial charge in [-0.3, -0.25) is 0 Å². The van der Waals surface area contributed by atoms with Crippen LogP contribution in [-0.2, 0) is 0 Å². The molecule has 2 aliphatic carbocycles. The van der Waals surface area contributed by atoms with Gasteiger partial charge < -0.3 is 4.90 Å². The van der Waals surface area contributed by atoms with Gasteiger partial charge in [0.25, 0.3) is 0 Å². The lowest BCUT2D eigenvalue weighted by Gasteiger charge is -2.45. The predicted molar refractivity (Wildman–Crippen MR) is 59.2 cm³/mol. The van der Waals surface area contributed by atoms with Crippen LogP contribution in [0.15, 0.2) is 11.6 Å². The van der Waals surface area contributed by atoms with Gasteiger partial charge in [0.15, 0.2) is 0 Å². The van der Waals surface area contributed by atoms with E-state index in [0.29, 0.717) is 5.41 Å². The van der Waals surface area contributed by atoms with E-state index in [1.54, 1.807) is 5.57 Å². The molecule has 1 spiro atoms. The quantitative estimate of drug-likeness (QED) is 0.607. The Hall–Kier alpha value is -0.300. The predicted octanol–water partition coefficient (Wildman–Crippen LogP) is 2.83. The van der Waals surface area contributed by atoms with Crippen LogP contribution in [0.25, 0.3) is 0 Å². The summed E-state index contributed by atoms with van der Waals surface area (Å²) in [6.45, 7) is 6.40. The second-order valence-electron chi connectivity index (χ2n) is 5.77. The van der Waals surface area contributed by atoms with Gasteiger partial charge in [0.05, 0.1) is 0 Å². The molecule has 0 N–H and O–H groups in total. The maximum absolute atomic E-state index is 2.70. The average Bonchev–Trinajstić information content (AvgIpc) is 2.90. The summed E-state index contributed by atoms with van der Waals surface area (Å²) in [4.78, 5) is 2.70. The molecule has 1 saturated heterocycles. The normalized spacial score (nSPS) is 31.4. The summed E-state index contributed by atoms with van der Waals surface area (Å²) in [5, 5.41) is 0. The topological polar surface area (TPSA) is 3.24 Å². The van der Waals surface area contributed by atoms with Crippen LogP contribution < -0.4 is 0 Å². The zero-order valence-electron chi connectivity index (χ0n) is 9.26. The van der Waals surface area contributed by atoms with Crippen molar-refractivity contribution in [1.82, 2.24) is 4.90 Å². The van der Waals surface area contributed by atoms with Crippen molar-refractivity contribution >= 4 is 0 Å². The summed E-state index contributed by atoms with van der Waals surface area (Å²) in [5.74, 6) is 1.07. The van der Waals surface area contributed by atoms with E-state index >= 15 is 0 Å². The molecule has 0 radical (unpaired) electrons. The van der Waals surface area contributed by atoms with E-state index in [2.05, 4.69) is 17.9 Å². The van der Waals surface area contributed by atoms with Gasteiger partial charge in [0.1, 0.15) is 0 Å². The van der Waals surface area contributed by atoms with Crippen molar-refractivity contribution in [2.75, 3.05) is 19.6 Å². The van der Waals surface area contributed by atoms with Gasteiger partial charge in [-0.2, -0.15) is 0 Å². The molecular formula is C13H21N. The Morgan fingerprint density at radius 3 is 2.50 bits per heavy atom. The Balaban J connectivity index is 1.52. The minimum Gasteiger partial charge on any atom is -0.303 e. The molecule has 0 amide bonds. The number of allylic oxidation sites excluding steroid dienone is 2. The van der Waals surface area contributed by atoms with Gasteiger partial charge in [0, 0.05) is 6.54 Å². The Bertz CT molecular complexity index is 254. The maximum atomic E-state index is 2.70. The fraction of sp³-hybridized carbons (Fsp3) is 0.846. The van der Waals surface area contributed by atoms with Crippen molar-refractivity contribution in [3.63, 3.8) is 0 Å². The van der Waals surface area contributed by atoms with Crippen molar-refractivity contribution in [2.45, 2.75) is 39.0 Å². The average molecular weight is 191 g/mol. The SMILES string of the molecule is CC1=CC2(CCN(CC3CC3)CC2)C1. The maximum Gasteiger partial charge on any atom is 0.000967 e. The number of rotatable bonds is 2. The van der Waals surface area contributed by atoms with Gasteiger partial charge in [0.2, 0.25) is 0 Å². The second kappa shape index (κ2) is 3.10. The molecule has 3 rings (SSSR count). The Morgan fingerprint density at radius 2 is 2.00 bits per heavy atom. The van der Waals surface area contributed by atoms with E-state index in [9.17, 15) is 0 Å². The van der Waals surface area contributed by atoms with Gasteiger partial charge in [-0.1, -0.05) is 11.6 Å². The van der Waals surface area contributed by atoms with E-state index in [1.165, 1.54) is 51.7 Å². The molecule has 0 aromatic heterocycles. The smallest absolute Gasteiger partial charge is 0.000967 e. The molecule has 3 aliphatic rings. The molecule has 1 aliphatic heterocycles. The zero-order valence-corrected chi connectivity index (χ0v) is 9.26. The monoisotopic (exact) mass is 191 g/mol. The molecule has 78 valence electrons. The standard InChI is InChI=1S/C13H21N/c1-11-8-13(9-11)4-6-14(7-5-13)10-12-2-3-12/h8,12H,2-7,9-10H2,1H3. The lowest BCUT2D eigenvalue weighted by atomic mass is 9.66. The number of hydrogen-bond donors (Lipinski definition) is 0. The van der Waals surface area contributed by atoms with Crippen LogP contribution in [0.3, 0.4) is 0 Å². The molecule has 1 saturated carbocycles. The second-order valence-corrected chi connectivity index (χ2v) is 5.77. The zero-order chi connectivity index (χ0) is 9.60. The molecule has 0 bridgehead atoms. The van der Waals surface area contributed by atoms with Crippen LogP contribution in [0, 0.1) is 11.3 Å². The first kappa shape index (κ1) is 8.96. The highest BCUT2D eigenvalue weighted by atomic mass is 15.1. The first-order chi connectivity index (χ1) is 6.76. The minimum absolute atomic E-state index is 0.657. The minimum atomic E-state index is 0.657. The highest BCUT2D eigenvalue weighted by molar-refractivity contribution is 5.22. The Kier molecular flexibility index (Phi) is 1.98. The van der Waals surface area contributed by atoms with Crippen molar-refractivity contribution in [2.24, 2.45) is 11.3 Å². The van der Waals surface area contributed by atoms with E-state index in [1.807, 2.05) is 0 Å². The van der Waals surface area contributed by atoms with Crippen LogP contribution in [0.1, 0.15) is 39.0 Å². The molecule has 2 fully saturated rings. The fourth-order valence-corrected chi connectivity index (χ4v) is 3.22. The molecule has 1 nitrogen and oxygen atoms in total. The molecule has 0 aromatic rings. The highest BCUT2D eigenvalue weighted by Crippen LogP contribution is 2.47. The van der Waals surface area contributed by atoms with E-state index in [-0.39, 0.29) is 0 Å². The molecule has 0 aromatic carbocycles. The largest absolute Gasteiger partial charge is 0.303 e. The number of nitrogens with zero attached hydrogens (tertiary/aromatic N) is 1. The summed E-state index contributed by atoms with van der Waals surface area (Å²) in [6.07, 6.45) is 9.79. The van der Waals surface area contributed by atoms with Crippen LogP contribution in [0.4, 0.5) is 0 Å². The summed E-state index contributed by atoms with van der Waals surface area (Å²) in [5.41, 5.74) is 2.28. The Morgan fingerprint density at radius 1 is 1.36 bits per heavy atom. The van der Waals surface area contributed by atoms with E-state index in [0.717, 1.165) is 5.92 Å². The molecular weight excluding hydrogens is 170 g/mol. The lowest BCUT2D eigenvalue weighted by molar-refractivity contribution is 0.121. The van der Waals surface area contributed by atoms with E-state index < -0.39 is 0 Å². The third kappa shape index (κ3) is 1.63. The van der Waals surface area contributed by atoms with Gasteiger partial charge in [-0.15, -0.1) is 0 Å². The molecule has 0 atom stereocenters. The van der Waals surface area contributed by atoms with Gasteiger partial charge in [-0.25, -0.2) is 0 Å². The molecule has 1 heterocycles. The van der Waals surface area contributed by atoms with Gasteiger partial charge >= 0.3 is 0 Å². The molecule has 0 unspecified atom stereocenters. The third-order valence-corrected chi connectivity index (χ3v) is 4.25. The first-order valence-electron chi connectivity index (χ1n) is 6.16. The van der Waals surface area contributed by atoms with Crippen molar-refractivity contribution < 1.29 is 0 Å². The van der Waals surface area contributed by atoms with Crippen LogP contribution in [-0.4, -0.2) is 24.5 Å². The van der Waals surface area contributed by atoms with Crippen LogP contribution in [0.5, 0.6) is 0 Å². The van der Waals surface area contributed by atoms with Crippen molar-refractivity contribution in [3.8, 4) is 0 Å². The van der Waals surface area contributed by atoms with Crippen molar-refractivity contribution in [1.29, 1.82) is 0 Å². The van der Waals surface area contributed by atoms with Gasteiger partial charge in [-0.05, 0) is 63.5 Å². The fourth-order valence-electron chi connectivity index (χ4n) is 3.22. The summed E-state index contributed by atoms with van der Waals surface area (Å²) >= 11 is 0.